The zero-order chi connectivity index (χ0) is 40.5. The highest BCUT2D eigenvalue weighted by atomic mass is 16.5. The van der Waals surface area contributed by atoms with Gasteiger partial charge in [0.2, 0.25) is 23.6 Å². The Hall–Kier alpha value is -3.94. The van der Waals surface area contributed by atoms with E-state index in [2.05, 4.69) is 39.8 Å². The van der Waals surface area contributed by atoms with Gasteiger partial charge in [-0.1, -0.05) is 71.4 Å². The van der Waals surface area contributed by atoms with Crippen molar-refractivity contribution in [3.8, 4) is 0 Å². The molecule has 2 aromatic rings. The largest absolute Gasteiger partial charge is 0.379 e. The molecule has 3 heterocycles. The van der Waals surface area contributed by atoms with Crippen LogP contribution in [0.15, 0.2) is 48.8 Å². The Bertz CT molecular complexity index is 1600. The number of nitrogens with zero attached hydrogens (tertiary/aromatic N) is 4. The lowest BCUT2D eigenvalue weighted by Crippen LogP contribution is -2.59. The number of carbonyl (C=O) groups excluding carboxylic acids is 4. The van der Waals surface area contributed by atoms with E-state index >= 15 is 0 Å². The van der Waals surface area contributed by atoms with E-state index in [1.54, 1.807) is 44.6 Å². The predicted molar refractivity (Wildman–Crippen MR) is 214 cm³/mol. The molecular weight excluding hydrogens is 711 g/mol. The number of fused-ring (bicyclic) bond motifs is 2. The van der Waals surface area contributed by atoms with Gasteiger partial charge in [0.15, 0.2) is 5.82 Å². The summed E-state index contributed by atoms with van der Waals surface area (Å²) in [5, 5.41) is 9.72. The number of likely N-dealkylation sites (tertiary alicyclic amines) is 1. The third kappa shape index (κ3) is 10.1. The van der Waals surface area contributed by atoms with E-state index in [1.165, 1.54) is 0 Å². The van der Waals surface area contributed by atoms with E-state index in [9.17, 15) is 19.2 Å². The number of piperidine rings is 1. The molecule has 13 heteroatoms. The van der Waals surface area contributed by atoms with Gasteiger partial charge in [0.05, 0.1) is 48.7 Å². The molecule has 11 atom stereocenters. The molecular formula is C43H65N7O6. The normalized spacial score (nSPS) is 24.2. The average molecular weight is 776 g/mol. The Kier molecular flexibility index (Phi) is 15.4. The average Bonchev–Trinajstić information content (AvgIpc) is 3.99. The van der Waals surface area contributed by atoms with Crippen LogP contribution in [0, 0.1) is 23.7 Å². The van der Waals surface area contributed by atoms with Crippen LogP contribution >= 0.6 is 0 Å². The molecule has 2 saturated heterocycles. The van der Waals surface area contributed by atoms with Gasteiger partial charge < -0.3 is 35.2 Å². The van der Waals surface area contributed by atoms with Crippen molar-refractivity contribution < 1.29 is 28.7 Å². The lowest BCUT2D eigenvalue weighted by Gasteiger charge is -2.41. The van der Waals surface area contributed by atoms with E-state index in [0.717, 1.165) is 37.7 Å². The third-order valence-corrected chi connectivity index (χ3v) is 12.6. The number of carbonyl (C=O) groups is 4. The second kappa shape index (κ2) is 20.0. The van der Waals surface area contributed by atoms with Crippen molar-refractivity contribution in [2.24, 2.45) is 23.7 Å². The van der Waals surface area contributed by atoms with Gasteiger partial charge in [-0.25, -0.2) is 9.97 Å². The summed E-state index contributed by atoms with van der Waals surface area (Å²) in [6.45, 7) is 10.4. The Morgan fingerprint density at radius 1 is 0.964 bits per heavy atom. The molecule has 5 rings (SSSR count). The summed E-state index contributed by atoms with van der Waals surface area (Å²) in [6.07, 6.45) is 8.09. The molecule has 308 valence electrons. The highest BCUT2D eigenvalue weighted by Gasteiger charge is 2.46. The van der Waals surface area contributed by atoms with Crippen LogP contribution in [0.25, 0.3) is 0 Å². The quantitative estimate of drug-likeness (QED) is 0.192. The fourth-order valence-corrected chi connectivity index (χ4v) is 9.28. The predicted octanol–water partition coefficient (Wildman–Crippen LogP) is 4.08. The molecule has 0 spiro atoms. The number of rotatable bonds is 19. The first-order chi connectivity index (χ1) is 26.9. The number of nitrogens with one attached hydrogen (secondary N) is 3. The minimum absolute atomic E-state index is 0.000287. The number of aromatic nitrogens is 2. The first-order valence-electron chi connectivity index (χ1n) is 20.7. The standard InChI is InChI=1S/C43H65N7O6/c1-9-27(4)38(49(6)43(54)36(26(2)3)48-42(53)37-30-18-19-31(24-30)46-37)34(55-7)25-35(51)50-22-13-17-33(50)39(56-8)28(5)41(52)47-32(40-44-20-14-21-45-40)23-29-15-11-10-12-16-29/h10-12,14-16,20-21,26-28,30-34,36-39,46H,9,13,17-19,22-25H2,1-8H3,(H,47,52)(H,48,53)/t27-,28+,30-,31+,32-,33-,34+,36-,37-,38-,39+/m0/s1. The molecule has 1 saturated carbocycles. The maximum Gasteiger partial charge on any atom is 0.245 e. The van der Waals surface area contributed by atoms with Crippen molar-refractivity contribution in [2.75, 3.05) is 27.8 Å². The van der Waals surface area contributed by atoms with Crippen molar-refractivity contribution in [1.82, 2.24) is 35.7 Å². The number of ether oxygens (including phenoxy) is 2. The third-order valence-electron chi connectivity index (χ3n) is 12.6. The van der Waals surface area contributed by atoms with Gasteiger partial charge in [-0.05, 0) is 67.9 Å². The van der Waals surface area contributed by atoms with Gasteiger partial charge in [0, 0.05) is 46.2 Å². The zero-order valence-electron chi connectivity index (χ0n) is 34.6. The molecule has 1 aliphatic carbocycles. The number of hydrogen-bond acceptors (Lipinski definition) is 9. The van der Waals surface area contributed by atoms with Crippen LogP contribution in [0.5, 0.6) is 0 Å². The smallest absolute Gasteiger partial charge is 0.245 e. The minimum Gasteiger partial charge on any atom is -0.379 e. The van der Waals surface area contributed by atoms with Crippen molar-refractivity contribution in [3.05, 3.63) is 60.2 Å². The number of likely N-dealkylation sites (N-methyl/N-ethyl adjacent to an activating group) is 1. The fourth-order valence-electron chi connectivity index (χ4n) is 9.28. The van der Waals surface area contributed by atoms with E-state index in [0.29, 0.717) is 37.2 Å². The molecule has 3 N–H and O–H groups in total. The highest BCUT2D eigenvalue weighted by Crippen LogP contribution is 2.35. The summed E-state index contributed by atoms with van der Waals surface area (Å²) in [4.78, 5) is 68.4. The van der Waals surface area contributed by atoms with Gasteiger partial charge in [0.1, 0.15) is 6.04 Å². The first kappa shape index (κ1) is 43.2. The second-order valence-corrected chi connectivity index (χ2v) is 16.6. The van der Waals surface area contributed by atoms with E-state index in [4.69, 9.17) is 9.47 Å². The van der Waals surface area contributed by atoms with Gasteiger partial charge in [0.25, 0.3) is 0 Å². The number of methoxy groups -OCH3 is 2. The molecule has 4 amide bonds. The highest BCUT2D eigenvalue weighted by molar-refractivity contribution is 5.90. The maximum atomic E-state index is 14.3. The van der Waals surface area contributed by atoms with Crippen LogP contribution in [0.4, 0.5) is 0 Å². The van der Waals surface area contributed by atoms with Crippen LogP contribution in [0.2, 0.25) is 0 Å². The summed E-state index contributed by atoms with van der Waals surface area (Å²) in [7, 11) is 4.94. The minimum atomic E-state index is -0.716. The molecule has 3 fully saturated rings. The van der Waals surface area contributed by atoms with Crippen LogP contribution in [0.3, 0.4) is 0 Å². The molecule has 1 aromatic carbocycles. The van der Waals surface area contributed by atoms with Gasteiger partial charge in [-0.3, -0.25) is 19.2 Å². The Balaban J connectivity index is 1.27. The summed E-state index contributed by atoms with van der Waals surface area (Å²) in [5.74, 6) is -0.536. The van der Waals surface area contributed by atoms with Crippen LogP contribution in [0.1, 0.15) is 97.0 Å². The lowest BCUT2D eigenvalue weighted by atomic mass is 9.89. The van der Waals surface area contributed by atoms with Crippen LogP contribution in [-0.4, -0.2) is 114 Å². The fraction of sp³-hybridized carbons (Fsp3) is 0.674. The van der Waals surface area contributed by atoms with Gasteiger partial charge in [-0.15, -0.1) is 0 Å². The van der Waals surface area contributed by atoms with Crippen molar-refractivity contribution in [2.45, 2.75) is 134 Å². The van der Waals surface area contributed by atoms with Gasteiger partial charge in [-0.2, -0.15) is 0 Å². The number of amides is 4. The van der Waals surface area contributed by atoms with Crippen molar-refractivity contribution in [1.29, 1.82) is 0 Å². The van der Waals surface area contributed by atoms with E-state index < -0.39 is 36.3 Å². The molecule has 1 aromatic heterocycles. The molecule has 13 nitrogen and oxygen atoms in total. The second-order valence-electron chi connectivity index (χ2n) is 16.6. The van der Waals surface area contributed by atoms with Crippen molar-refractivity contribution >= 4 is 23.6 Å². The Morgan fingerprint density at radius 3 is 2.27 bits per heavy atom. The summed E-state index contributed by atoms with van der Waals surface area (Å²) in [5.41, 5.74) is 1.04. The first-order valence-corrected chi connectivity index (χ1v) is 20.7. The Morgan fingerprint density at radius 2 is 1.68 bits per heavy atom. The molecule has 2 aliphatic heterocycles. The Labute approximate surface area is 333 Å². The SMILES string of the molecule is CC[C@H](C)[C@@H]([C@@H](CC(=O)N1CCC[C@H]1[C@H](OC)[C@@H](C)C(=O)N[C@@H](Cc1ccccc1)c1ncccn1)OC)N(C)C(=O)[C@@H](NC(=O)[C@H]1N[C@@H]2CC[C@H]1C2)C(C)C. The summed E-state index contributed by atoms with van der Waals surface area (Å²) in [6, 6.07) is 9.83. The number of benzene rings is 1. The number of hydrogen-bond donors (Lipinski definition) is 3. The van der Waals surface area contributed by atoms with Crippen LogP contribution < -0.4 is 16.0 Å². The molecule has 3 aliphatic rings. The zero-order valence-corrected chi connectivity index (χ0v) is 34.6. The molecule has 0 unspecified atom stereocenters. The van der Waals surface area contributed by atoms with Crippen LogP contribution in [-0.2, 0) is 35.1 Å². The van der Waals surface area contributed by atoms with Gasteiger partial charge >= 0.3 is 0 Å². The van der Waals surface area contributed by atoms with E-state index in [-0.39, 0.29) is 54.0 Å². The summed E-state index contributed by atoms with van der Waals surface area (Å²) < 4.78 is 12.1. The van der Waals surface area contributed by atoms with Crippen molar-refractivity contribution in [3.63, 3.8) is 0 Å². The molecule has 0 radical (unpaired) electrons. The van der Waals surface area contributed by atoms with E-state index in [1.807, 2.05) is 56.0 Å². The lowest BCUT2D eigenvalue weighted by molar-refractivity contribution is -0.147. The molecule has 2 bridgehead atoms. The maximum absolute atomic E-state index is 14.3. The topological polar surface area (TPSA) is 155 Å². The molecule has 56 heavy (non-hydrogen) atoms. The summed E-state index contributed by atoms with van der Waals surface area (Å²) >= 11 is 0. The monoisotopic (exact) mass is 775 g/mol.